The second kappa shape index (κ2) is 6.41. The fourth-order valence-corrected chi connectivity index (χ4v) is 3.02. The van der Waals surface area contributed by atoms with Crippen LogP contribution < -0.4 is 10.9 Å². The van der Waals surface area contributed by atoms with Crippen LogP contribution in [-0.4, -0.2) is 9.78 Å². The summed E-state index contributed by atoms with van der Waals surface area (Å²) >= 11 is 7.80. The maximum Gasteiger partial charge on any atom is 0.287 e. The normalized spacial score (nSPS) is 12.7. The minimum absolute atomic E-state index is 0.140. The van der Waals surface area contributed by atoms with Crippen LogP contribution in [0.1, 0.15) is 31.2 Å². The summed E-state index contributed by atoms with van der Waals surface area (Å²) in [6, 6.07) is 4.26. The van der Waals surface area contributed by atoms with Gasteiger partial charge in [-0.25, -0.2) is 4.68 Å². The second-order valence-electron chi connectivity index (χ2n) is 5.14. The lowest BCUT2D eigenvalue weighted by Crippen LogP contribution is -2.22. The predicted molar refractivity (Wildman–Crippen MR) is 84.6 cm³/mol. The van der Waals surface area contributed by atoms with Crippen molar-refractivity contribution < 1.29 is 0 Å². The van der Waals surface area contributed by atoms with Gasteiger partial charge in [0.2, 0.25) is 0 Å². The molecule has 2 aromatic heterocycles. The number of thiophene rings is 1. The zero-order valence-corrected chi connectivity index (χ0v) is 13.3. The molecule has 20 heavy (non-hydrogen) atoms. The Kier molecular flexibility index (Phi) is 4.83. The summed E-state index contributed by atoms with van der Waals surface area (Å²) in [5.41, 5.74) is 0.306. The van der Waals surface area contributed by atoms with E-state index < -0.39 is 0 Å². The summed E-state index contributed by atoms with van der Waals surface area (Å²) in [6.45, 7) is 4.35. The van der Waals surface area contributed by atoms with Crippen LogP contribution in [0.25, 0.3) is 0 Å². The number of nitrogens with one attached hydrogen (secondary N) is 1. The molecular formula is C14H18ClN3OS. The van der Waals surface area contributed by atoms with Gasteiger partial charge in [-0.1, -0.05) is 31.5 Å². The molecule has 0 spiro atoms. The summed E-state index contributed by atoms with van der Waals surface area (Å²) in [5.74, 6) is 0.535. The molecule has 2 aromatic rings. The number of aryl methyl sites for hydroxylation is 1. The highest BCUT2D eigenvalue weighted by atomic mass is 35.5. The third-order valence-corrected chi connectivity index (χ3v) is 4.35. The number of halogens is 1. The maximum atomic E-state index is 11.8. The molecule has 0 saturated carbocycles. The number of nitrogens with zero attached hydrogens (tertiary/aromatic N) is 2. The zero-order valence-electron chi connectivity index (χ0n) is 11.8. The first-order valence-electron chi connectivity index (χ1n) is 6.50. The van der Waals surface area contributed by atoms with Crippen LogP contribution in [0.4, 0.5) is 5.69 Å². The molecule has 1 N–H and O–H groups in total. The quantitative estimate of drug-likeness (QED) is 0.916. The Labute approximate surface area is 127 Å². The van der Waals surface area contributed by atoms with Crippen LogP contribution in [0.2, 0.25) is 5.02 Å². The van der Waals surface area contributed by atoms with Crippen molar-refractivity contribution in [2.24, 2.45) is 13.0 Å². The van der Waals surface area contributed by atoms with Gasteiger partial charge < -0.3 is 5.32 Å². The summed E-state index contributed by atoms with van der Waals surface area (Å²) in [4.78, 5) is 13.0. The van der Waals surface area contributed by atoms with Crippen molar-refractivity contribution in [2.45, 2.75) is 26.3 Å². The molecule has 6 heteroatoms. The van der Waals surface area contributed by atoms with Crippen LogP contribution >= 0.6 is 22.9 Å². The van der Waals surface area contributed by atoms with Crippen molar-refractivity contribution in [1.82, 2.24) is 9.78 Å². The Morgan fingerprint density at radius 1 is 1.50 bits per heavy atom. The van der Waals surface area contributed by atoms with E-state index in [1.165, 1.54) is 9.56 Å². The van der Waals surface area contributed by atoms with Gasteiger partial charge in [0.15, 0.2) is 0 Å². The molecule has 0 fully saturated rings. The van der Waals surface area contributed by atoms with Crippen molar-refractivity contribution in [3.8, 4) is 0 Å². The predicted octanol–water partition coefficient (Wildman–Crippen LogP) is 3.69. The van der Waals surface area contributed by atoms with E-state index >= 15 is 0 Å². The molecule has 0 aliphatic heterocycles. The molecule has 0 aromatic carbocycles. The lowest BCUT2D eigenvalue weighted by molar-refractivity contribution is 0.535. The summed E-state index contributed by atoms with van der Waals surface area (Å²) < 4.78 is 1.23. The van der Waals surface area contributed by atoms with Gasteiger partial charge in [-0.15, -0.1) is 11.3 Å². The van der Waals surface area contributed by atoms with E-state index in [0.717, 1.165) is 6.42 Å². The topological polar surface area (TPSA) is 46.9 Å². The Hall–Kier alpha value is -1.33. The highest BCUT2D eigenvalue weighted by Crippen LogP contribution is 2.30. The van der Waals surface area contributed by atoms with E-state index in [1.54, 1.807) is 24.6 Å². The Balaban J connectivity index is 2.29. The molecule has 2 heterocycles. The zero-order chi connectivity index (χ0) is 14.7. The molecule has 0 aliphatic carbocycles. The molecule has 108 valence electrons. The van der Waals surface area contributed by atoms with Crippen molar-refractivity contribution in [3.05, 3.63) is 44.0 Å². The van der Waals surface area contributed by atoms with E-state index in [1.807, 2.05) is 11.4 Å². The largest absolute Gasteiger partial charge is 0.375 e. The van der Waals surface area contributed by atoms with Crippen molar-refractivity contribution >= 4 is 28.6 Å². The van der Waals surface area contributed by atoms with Gasteiger partial charge in [-0.05, 0) is 23.8 Å². The van der Waals surface area contributed by atoms with Crippen LogP contribution in [-0.2, 0) is 7.05 Å². The maximum absolute atomic E-state index is 11.8. The molecule has 0 aliphatic rings. The van der Waals surface area contributed by atoms with E-state index in [0.29, 0.717) is 11.6 Å². The number of hydrogen-bond acceptors (Lipinski definition) is 4. The first kappa shape index (κ1) is 15.1. The third-order valence-electron chi connectivity index (χ3n) is 3.00. The molecule has 1 atom stereocenters. The van der Waals surface area contributed by atoms with Crippen LogP contribution in [0, 0.1) is 5.92 Å². The Morgan fingerprint density at radius 3 is 2.85 bits per heavy atom. The third kappa shape index (κ3) is 3.41. The van der Waals surface area contributed by atoms with E-state index in [-0.39, 0.29) is 16.6 Å². The summed E-state index contributed by atoms with van der Waals surface area (Å²) in [6.07, 6.45) is 2.57. The van der Waals surface area contributed by atoms with Gasteiger partial charge in [-0.2, -0.15) is 5.10 Å². The molecule has 0 amide bonds. The fourth-order valence-electron chi connectivity index (χ4n) is 2.01. The van der Waals surface area contributed by atoms with Crippen LogP contribution in [0.3, 0.4) is 0 Å². The van der Waals surface area contributed by atoms with Gasteiger partial charge in [0.1, 0.15) is 5.02 Å². The average molecular weight is 312 g/mol. The highest BCUT2D eigenvalue weighted by molar-refractivity contribution is 7.10. The monoisotopic (exact) mass is 311 g/mol. The summed E-state index contributed by atoms with van der Waals surface area (Å²) in [7, 11) is 1.59. The van der Waals surface area contributed by atoms with E-state index in [9.17, 15) is 4.79 Å². The minimum atomic E-state index is -0.286. The highest BCUT2D eigenvalue weighted by Gasteiger charge is 2.17. The van der Waals surface area contributed by atoms with E-state index in [4.69, 9.17) is 11.6 Å². The number of rotatable bonds is 5. The number of aromatic nitrogens is 2. The van der Waals surface area contributed by atoms with Crippen molar-refractivity contribution in [2.75, 3.05) is 5.32 Å². The second-order valence-corrected chi connectivity index (χ2v) is 6.50. The van der Waals surface area contributed by atoms with Crippen molar-refractivity contribution in [3.63, 3.8) is 0 Å². The van der Waals surface area contributed by atoms with Gasteiger partial charge in [0.25, 0.3) is 5.56 Å². The first-order chi connectivity index (χ1) is 9.49. The Bertz CT molecular complexity index is 622. The molecule has 1 unspecified atom stereocenters. The van der Waals surface area contributed by atoms with Gasteiger partial charge in [0.05, 0.1) is 17.9 Å². The van der Waals surface area contributed by atoms with Gasteiger partial charge in [-0.3, -0.25) is 4.79 Å². The fraction of sp³-hybridized carbons (Fsp3) is 0.429. The Morgan fingerprint density at radius 2 is 2.25 bits per heavy atom. The van der Waals surface area contributed by atoms with Gasteiger partial charge in [0, 0.05) is 11.9 Å². The van der Waals surface area contributed by atoms with Crippen LogP contribution in [0.15, 0.2) is 28.5 Å². The SMILES string of the molecule is CC(C)CC(Nc1cnn(C)c(=O)c1Cl)c1cccs1. The molecular weight excluding hydrogens is 294 g/mol. The lowest BCUT2D eigenvalue weighted by Gasteiger charge is -2.21. The summed E-state index contributed by atoms with van der Waals surface area (Å²) in [5, 5.41) is 9.60. The van der Waals surface area contributed by atoms with Crippen molar-refractivity contribution in [1.29, 1.82) is 0 Å². The smallest absolute Gasteiger partial charge is 0.287 e. The molecule has 0 saturated heterocycles. The molecule has 2 rings (SSSR count). The lowest BCUT2D eigenvalue weighted by atomic mass is 10.0. The van der Waals surface area contributed by atoms with Crippen LogP contribution in [0.5, 0.6) is 0 Å². The molecule has 0 radical (unpaired) electrons. The number of anilines is 1. The van der Waals surface area contributed by atoms with E-state index in [2.05, 4.69) is 30.3 Å². The molecule has 0 bridgehead atoms. The standard InChI is InChI=1S/C14H18ClN3OS/c1-9(2)7-10(12-5-4-6-20-12)17-11-8-16-18(3)14(19)13(11)15/h4-6,8-10,17H,7H2,1-3H3. The number of hydrogen-bond donors (Lipinski definition) is 1. The first-order valence-corrected chi connectivity index (χ1v) is 7.76. The van der Waals surface area contributed by atoms with Gasteiger partial charge >= 0.3 is 0 Å². The molecule has 4 nitrogen and oxygen atoms in total. The average Bonchev–Trinajstić information content (AvgIpc) is 2.92. The minimum Gasteiger partial charge on any atom is -0.375 e.